The smallest absolute Gasteiger partial charge is 0.356 e. The summed E-state index contributed by atoms with van der Waals surface area (Å²) < 4.78 is 7.13. The molecule has 0 amide bonds. The van der Waals surface area contributed by atoms with Crippen LogP contribution in [0.25, 0.3) is 0 Å². The number of hydrogen-bond acceptors (Lipinski definition) is 4. The Labute approximate surface area is 120 Å². The standard InChI is InChI=1S/C13H24N2O4Si/c1-13(2,18)12-14-10(11(16)17)8-15(12)9-19-6-7-20(3,4)5/h8,18H,6-7,9H2,1-5H3,(H,16,17). The largest absolute Gasteiger partial charge is 0.476 e. The number of aliphatic hydroxyl groups is 1. The second-order valence-corrected chi connectivity index (χ2v) is 12.3. The minimum absolute atomic E-state index is 0.0871. The fraction of sp³-hybridized carbons (Fsp3) is 0.692. The van der Waals surface area contributed by atoms with E-state index in [2.05, 4.69) is 24.6 Å². The van der Waals surface area contributed by atoms with Crippen LogP contribution in [-0.2, 0) is 17.1 Å². The molecule has 1 aromatic rings. The number of carboxylic acids is 1. The summed E-state index contributed by atoms with van der Waals surface area (Å²) >= 11 is 0. The fourth-order valence-corrected chi connectivity index (χ4v) is 2.40. The maximum absolute atomic E-state index is 11.0. The molecule has 7 heteroatoms. The van der Waals surface area contributed by atoms with Crippen molar-refractivity contribution in [1.29, 1.82) is 0 Å². The monoisotopic (exact) mass is 300 g/mol. The number of aromatic nitrogens is 2. The Morgan fingerprint density at radius 3 is 2.50 bits per heavy atom. The number of ether oxygens (including phenoxy) is 1. The lowest BCUT2D eigenvalue weighted by Crippen LogP contribution is -2.24. The predicted octanol–water partition coefficient (Wildman–Crippen LogP) is 2.12. The number of aromatic carboxylic acids is 1. The van der Waals surface area contributed by atoms with Crippen molar-refractivity contribution in [3.63, 3.8) is 0 Å². The molecule has 1 aromatic heterocycles. The zero-order valence-corrected chi connectivity index (χ0v) is 13.8. The van der Waals surface area contributed by atoms with Crippen molar-refractivity contribution in [3.8, 4) is 0 Å². The number of carbonyl (C=O) groups is 1. The third-order valence-corrected chi connectivity index (χ3v) is 4.47. The highest BCUT2D eigenvalue weighted by Crippen LogP contribution is 2.19. The van der Waals surface area contributed by atoms with Gasteiger partial charge in [0.15, 0.2) is 5.69 Å². The summed E-state index contributed by atoms with van der Waals surface area (Å²) in [6, 6.07) is 1.03. The average molecular weight is 300 g/mol. The summed E-state index contributed by atoms with van der Waals surface area (Å²) in [5.74, 6) is -0.820. The summed E-state index contributed by atoms with van der Waals surface area (Å²) in [7, 11) is -1.15. The number of carboxylic acid groups (broad SMARTS) is 1. The van der Waals surface area contributed by atoms with Crippen LogP contribution in [0.2, 0.25) is 25.7 Å². The SMILES string of the molecule is CC(C)(O)c1nc(C(=O)O)cn1COCC[Si](C)(C)C. The Hall–Kier alpha value is -1.18. The van der Waals surface area contributed by atoms with E-state index in [1.807, 2.05) is 0 Å². The van der Waals surface area contributed by atoms with Crippen LogP contribution in [0.3, 0.4) is 0 Å². The van der Waals surface area contributed by atoms with E-state index in [1.165, 1.54) is 6.20 Å². The van der Waals surface area contributed by atoms with Gasteiger partial charge in [0.2, 0.25) is 0 Å². The minimum atomic E-state index is -1.21. The molecule has 0 spiro atoms. The van der Waals surface area contributed by atoms with Gasteiger partial charge in [-0.25, -0.2) is 9.78 Å². The zero-order chi connectivity index (χ0) is 15.6. The first-order valence-electron chi connectivity index (χ1n) is 6.62. The molecule has 0 fully saturated rings. The van der Waals surface area contributed by atoms with Crippen LogP contribution in [0, 0.1) is 0 Å². The van der Waals surface area contributed by atoms with E-state index in [1.54, 1.807) is 18.4 Å². The first-order chi connectivity index (χ1) is 9.00. The average Bonchev–Trinajstić information content (AvgIpc) is 2.66. The molecule has 0 aliphatic carbocycles. The van der Waals surface area contributed by atoms with Gasteiger partial charge in [-0.3, -0.25) is 0 Å². The van der Waals surface area contributed by atoms with Crippen LogP contribution in [0.15, 0.2) is 6.20 Å². The van der Waals surface area contributed by atoms with Gasteiger partial charge in [0.05, 0.1) is 0 Å². The Bertz CT molecular complexity index is 472. The molecule has 0 bridgehead atoms. The lowest BCUT2D eigenvalue weighted by molar-refractivity contribution is 0.0412. The van der Waals surface area contributed by atoms with Crippen LogP contribution in [0.4, 0.5) is 0 Å². The van der Waals surface area contributed by atoms with Gasteiger partial charge in [-0.1, -0.05) is 19.6 Å². The number of hydrogen-bond donors (Lipinski definition) is 2. The number of imidazole rings is 1. The second kappa shape index (κ2) is 6.07. The van der Waals surface area contributed by atoms with E-state index >= 15 is 0 Å². The van der Waals surface area contributed by atoms with Crippen molar-refractivity contribution >= 4 is 14.0 Å². The number of nitrogens with zero attached hydrogens (tertiary/aromatic N) is 2. The maximum atomic E-state index is 11.0. The summed E-state index contributed by atoms with van der Waals surface area (Å²) in [4.78, 5) is 14.9. The molecule has 0 saturated heterocycles. The molecule has 0 radical (unpaired) electrons. The normalized spacial score (nSPS) is 12.7. The van der Waals surface area contributed by atoms with Crippen molar-refractivity contribution in [2.75, 3.05) is 6.61 Å². The van der Waals surface area contributed by atoms with Gasteiger partial charge < -0.3 is 19.5 Å². The molecule has 1 heterocycles. The Kier molecular flexibility index (Phi) is 5.12. The molecule has 0 aliphatic heterocycles. The molecule has 0 unspecified atom stereocenters. The molecule has 0 aliphatic rings. The van der Waals surface area contributed by atoms with Crippen molar-refractivity contribution in [1.82, 2.24) is 9.55 Å². The van der Waals surface area contributed by atoms with Crippen molar-refractivity contribution in [3.05, 3.63) is 17.7 Å². The molecular weight excluding hydrogens is 276 g/mol. The van der Waals surface area contributed by atoms with Gasteiger partial charge in [0, 0.05) is 20.9 Å². The Balaban J connectivity index is 2.76. The van der Waals surface area contributed by atoms with E-state index in [4.69, 9.17) is 9.84 Å². The van der Waals surface area contributed by atoms with Gasteiger partial charge in [-0.05, 0) is 19.9 Å². The molecule has 6 nitrogen and oxygen atoms in total. The summed E-state index contributed by atoms with van der Waals surface area (Å²) in [6.07, 6.45) is 1.39. The fourth-order valence-electron chi connectivity index (χ4n) is 1.65. The topological polar surface area (TPSA) is 84.6 Å². The van der Waals surface area contributed by atoms with E-state index in [0.717, 1.165) is 6.04 Å². The van der Waals surface area contributed by atoms with Gasteiger partial charge in [0.25, 0.3) is 0 Å². The second-order valence-electron chi connectivity index (χ2n) is 6.63. The van der Waals surface area contributed by atoms with E-state index in [-0.39, 0.29) is 12.4 Å². The summed E-state index contributed by atoms with van der Waals surface area (Å²) in [5.41, 5.74) is -1.30. The van der Waals surface area contributed by atoms with Crippen molar-refractivity contribution in [2.45, 2.75) is 51.9 Å². The van der Waals surface area contributed by atoms with Crippen LogP contribution in [0.1, 0.15) is 30.2 Å². The van der Waals surface area contributed by atoms with E-state index < -0.39 is 19.6 Å². The van der Waals surface area contributed by atoms with Crippen LogP contribution in [0.5, 0.6) is 0 Å². The molecule has 0 saturated carbocycles. The highest BCUT2D eigenvalue weighted by molar-refractivity contribution is 6.76. The molecule has 0 atom stereocenters. The van der Waals surface area contributed by atoms with Crippen LogP contribution in [-0.4, -0.2) is 40.4 Å². The minimum Gasteiger partial charge on any atom is -0.476 e. The Morgan fingerprint density at radius 2 is 2.05 bits per heavy atom. The third kappa shape index (κ3) is 5.07. The summed E-state index contributed by atoms with van der Waals surface area (Å²) in [6.45, 7) is 10.7. The van der Waals surface area contributed by atoms with Crippen LogP contribution < -0.4 is 0 Å². The first kappa shape index (κ1) is 16.9. The molecular formula is C13H24N2O4Si. The molecule has 0 aromatic carbocycles. The Morgan fingerprint density at radius 1 is 1.45 bits per heavy atom. The number of rotatable bonds is 7. The lowest BCUT2D eigenvalue weighted by atomic mass is 10.1. The third-order valence-electron chi connectivity index (χ3n) is 2.77. The highest BCUT2D eigenvalue weighted by atomic mass is 28.3. The molecule has 1 rings (SSSR count). The molecule has 20 heavy (non-hydrogen) atoms. The van der Waals surface area contributed by atoms with Crippen molar-refractivity contribution < 1.29 is 19.7 Å². The quantitative estimate of drug-likeness (QED) is 0.595. The highest BCUT2D eigenvalue weighted by Gasteiger charge is 2.25. The van der Waals surface area contributed by atoms with E-state index in [0.29, 0.717) is 12.4 Å². The first-order valence-corrected chi connectivity index (χ1v) is 10.3. The van der Waals surface area contributed by atoms with E-state index in [9.17, 15) is 9.90 Å². The molecule has 114 valence electrons. The lowest BCUT2D eigenvalue weighted by Gasteiger charge is -2.19. The van der Waals surface area contributed by atoms with Gasteiger partial charge in [-0.15, -0.1) is 0 Å². The molecule has 2 N–H and O–H groups in total. The zero-order valence-electron chi connectivity index (χ0n) is 12.8. The van der Waals surface area contributed by atoms with Gasteiger partial charge >= 0.3 is 5.97 Å². The van der Waals surface area contributed by atoms with Crippen molar-refractivity contribution in [2.24, 2.45) is 0 Å². The van der Waals surface area contributed by atoms with Crippen LogP contribution >= 0.6 is 0 Å². The van der Waals surface area contributed by atoms with Gasteiger partial charge in [0.1, 0.15) is 18.2 Å². The van der Waals surface area contributed by atoms with Gasteiger partial charge in [-0.2, -0.15) is 0 Å². The maximum Gasteiger partial charge on any atom is 0.356 e. The summed E-state index contributed by atoms with van der Waals surface area (Å²) in [5, 5.41) is 19.0. The predicted molar refractivity (Wildman–Crippen MR) is 78.5 cm³/mol.